The van der Waals surface area contributed by atoms with E-state index in [4.69, 9.17) is 0 Å². The maximum absolute atomic E-state index is 11.5. The summed E-state index contributed by atoms with van der Waals surface area (Å²) in [5, 5.41) is 1.17. The number of pyridine rings is 1. The first kappa shape index (κ1) is 25.9. The molecule has 0 aliphatic heterocycles. The Balaban J connectivity index is 0.000000299. The normalized spacial score (nSPS) is 11.1. The third-order valence-corrected chi connectivity index (χ3v) is 4.58. The minimum Gasteiger partial charge on any atom is -0.299 e. The molecule has 4 heteroatoms. The van der Waals surface area contributed by atoms with Gasteiger partial charge < -0.3 is 0 Å². The summed E-state index contributed by atoms with van der Waals surface area (Å²) in [7, 11) is 0. The van der Waals surface area contributed by atoms with Crippen molar-refractivity contribution in [3.8, 4) is 11.3 Å². The molecule has 0 bridgehead atoms. The number of fused-ring (bicyclic) bond motifs is 1. The number of aromatic nitrogens is 1. The van der Waals surface area contributed by atoms with E-state index in [1.165, 1.54) is 5.39 Å². The molecule has 30 heavy (non-hydrogen) atoms. The number of nitrogens with zero attached hydrogens (tertiary/aromatic N) is 1. The van der Waals surface area contributed by atoms with Crippen LogP contribution in [0, 0.1) is 16.9 Å². The van der Waals surface area contributed by atoms with Crippen LogP contribution in [0.3, 0.4) is 0 Å². The number of para-hydroxylation sites is 1. The number of ketones is 2. The standard InChI is InChI=1S/C15H10N.C11H20O2.Ir/c1-2-6-12(7-3-1)15-11-10-13-8-4-5-9-14(13)16-15;1-10(2,3)8(12)7-9(13)11(4,5)6;/h1-6,8-11H;7H2,1-6H3;/q-1;;. The maximum atomic E-state index is 11.5. The molecule has 1 radical (unpaired) electrons. The van der Waals surface area contributed by atoms with E-state index in [2.05, 4.69) is 23.2 Å². The molecule has 3 nitrogen and oxygen atoms in total. The van der Waals surface area contributed by atoms with Crippen LogP contribution in [-0.4, -0.2) is 16.6 Å². The Bertz CT molecular complexity index is 959. The number of benzene rings is 2. The number of carbonyl (C=O) groups excluding carboxylic acids is 2. The number of hydrogen-bond acceptors (Lipinski definition) is 3. The molecule has 0 aliphatic carbocycles. The first-order valence-corrected chi connectivity index (χ1v) is 9.88. The minimum atomic E-state index is -0.402. The molecule has 0 fully saturated rings. The van der Waals surface area contributed by atoms with Crippen molar-refractivity contribution in [2.24, 2.45) is 10.8 Å². The largest absolute Gasteiger partial charge is 0.299 e. The molecule has 0 aliphatic rings. The van der Waals surface area contributed by atoms with Gasteiger partial charge in [0.25, 0.3) is 0 Å². The van der Waals surface area contributed by atoms with Gasteiger partial charge in [0, 0.05) is 30.9 Å². The summed E-state index contributed by atoms with van der Waals surface area (Å²) in [6.45, 7) is 11.0. The Morgan fingerprint density at radius 3 is 1.90 bits per heavy atom. The van der Waals surface area contributed by atoms with Gasteiger partial charge in [-0.1, -0.05) is 71.9 Å². The molecular formula is C26H30IrNO2-. The molecule has 3 rings (SSSR count). The van der Waals surface area contributed by atoms with Crippen molar-refractivity contribution >= 4 is 22.5 Å². The fraction of sp³-hybridized carbons (Fsp3) is 0.346. The molecule has 0 atom stereocenters. The molecular weight excluding hydrogens is 551 g/mol. The predicted octanol–water partition coefficient (Wildman–Crippen LogP) is 6.31. The van der Waals surface area contributed by atoms with E-state index >= 15 is 0 Å². The summed E-state index contributed by atoms with van der Waals surface area (Å²) in [4.78, 5) is 27.6. The van der Waals surface area contributed by atoms with Crippen LogP contribution in [0.1, 0.15) is 48.0 Å². The van der Waals surface area contributed by atoms with Crippen molar-refractivity contribution in [1.29, 1.82) is 0 Å². The second-order valence-corrected chi connectivity index (χ2v) is 9.19. The van der Waals surface area contributed by atoms with Gasteiger partial charge in [0.1, 0.15) is 11.6 Å². The molecule has 0 unspecified atom stereocenters. The van der Waals surface area contributed by atoms with Crippen LogP contribution in [0.2, 0.25) is 0 Å². The van der Waals surface area contributed by atoms with Crippen molar-refractivity contribution in [3.05, 3.63) is 66.7 Å². The van der Waals surface area contributed by atoms with Crippen LogP contribution >= 0.6 is 0 Å². The van der Waals surface area contributed by atoms with Gasteiger partial charge in [0.15, 0.2) is 0 Å². The average molecular weight is 581 g/mol. The minimum absolute atomic E-state index is 0. The second-order valence-electron chi connectivity index (χ2n) is 9.19. The number of Topliss-reactive ketones (excluding diaryl/α,β-unsaturated/α-hetero) is 2. The van der Waals surface area contributed by atoms with Crippen LogP contribution in [0.4, 0.5) is 0 Å². The maximum Gasteiger partial charge on any atom is 0.145 e. The van der Waals surface area contributed by atoms with E-state index in [0.29, 0.717) is 0 Å². The van der Waals surface area contributed by atoms with Crippen molar-refractivity contribution in [1.82, 2.24) is 4.98 Å². The molecule has 0 amide bonds. The Kier molecular flexibility index (Phi) is 9.27. The molecule has 0 N–H and O–H groups in total. The van der Waals surface area contributed by atoms with Gasteiger partial charge in [-0.25, -0.2) is 0 Å². The third-order valence-electron chi connectivity index (χ3n) is 4.58. The zero-order chi connectivity index (χ0) is 21.7. The SMILES string of the molecule is CC(C)(C)C(=O)CC(=O)C(C)(C)C.[Ir].[c-]1ccccc1-c1ccc2ccccc2n1. The molecule has 2 aromatic carbocycles. The number of rotatable bonds is 3. The second kappa shape index (κ2) is 10.7. The van der Waals surface area contributed by atoms with Gasteiger partial charge in [-0.05, 0) is 17.1 Å². The quantitative estimate of drug-likeness (QED) is 0.270. The van der Waals surface area contributed by atoms with Crippen LogP contribution < -0.4 is 0 Å². The average Bonchev–Trinajstić information content (AvgIpc) is 2.67. The van der Waals surface area contributed by atoms with E-state index < -0.39 is 10.8 Å². The van der Waals surface area contributed by atoms with Crippen molar-refractivity contribution in [2.45, 2.75) is 48.0 Å². The summed E-state index contributed by atoms with van der Waals surface area (Å²) in [6.07, 6.45) is 0.0625. The zero-order valence-corrected chi connectivity index (χ0v) is 21.0. The van der Waals surface area contributed by atoms with Crippen molar-refractivity contribution in [2.75, 3.05) is 0 Å². The fourth-order valence-electron chi connectivity index (χ4n) is 2.44. The summed E-state index contributed by atoms with van der Waals surface area (Å²) in [6, 6.07) is 23.4. The fourth-order valence-corrected chi connectivity index (χ4v) is 2.44. The van der Waals surface area contributed by atoms with Crippen LogP contribution in [0.5, 0.6) is 0 Å². The van der Waals surface area contributed by atoms with Gasteiger partial charge in [-0.15, -0.1) is 35.9 Å². The first-order chi connectivity index (χ1) is 13.5. The van der Waals surface area contributed by atoms with Gasteiger partial charge in [-0.3, -0.25) is 14.6 Å². The summed E-state index contributed by atoms with van der Waals surface area (Å²) in [5.41, 5.74) is 2.23. The Morgan fingerprint density at radius 1 is 0.800 bits per heavy atom. The molecule has 1 aromatic heterocycles. The Hall–Kier alpha value is -2.16. The van der Waals surface area contributed by atoms with E-state index in [1.807, 2.05) is 90.1 Å². The monoisotopic (exact) mass is 581 g/mol. The van der Waals surface area contributed by atoms with E-state index in [9.17, 15) is 9.59 Å². The van der Waals surface area contributed by atoms with E-state index in [-0.39, 0.29) is 38.1 Å². The summed E-state index contributed by atoms with van der Waals surface area (Å²) in [5.74, 6) is 0.0415. The van der Waals surface area contributed by atoms with Crippen molar-refractivity contribution < 1.29 is 29.7 Å². The Labute approximate surface area is 193 Å². The first-order valence-electron chi connectivity index (χ1n) is 9.88. The number of hydrogen-bond donors (Lipinski definition) is 0. The molecule has 1 heterocycles. The van der Waals surface area contributed by atoms with Crippen LogP contribution in [-0.2, 0) is 29.7 Å². The van der Waals surface area contributed by atoms with Gasteiger partial charge in [0.2, 0.25) is 0 Å². The Morgan fingerprint density at radius 2 is 1.37 bits per heavy atom. The molecule has 161 valence electrons. The smallest absolute Gasteiger partial charge is 0.145 e. The summed E-state index contributed by atoms with van der Waals surface area (Å²) < 4.78 is 0. The molecule has 3 aromatic rings. The van der Waals surface area contributed by atoms with Crippen LogP contribution in [0.15, 0.2) is 60.7 Å². The van der Waals surface area contributed by atoms with Gasteiger partial charge >= 0.3 is 0 Å². The van der Waals surface area contributed by atoms with E-state index in [0.717, 1.165) is 16.8 Å². The van der Waals surface area contributed by atoms with Gasteiger partial charge in [0.05, 0.1) is 11.9 Å². The zero-order valence-electron chi connectivity index (χ0n) is 18.6. The molecule has 0 saturated heterocycles. The molecule has 0 saturated carbocycles. The third kappa shape index (κ3) is 7.59. The van der Waals surface area contributed by atoms with E-state index in [1.54, 1.807) is 0 Å². The van der Waals surface area contributed by atoms with Gasteiger partial charge in [-0.2, -0.15) is 0 Å². The topological polar surface area (TPSA) is 47.0 Å². The van der Waals surface area contributed by atoms with Crippen LogP contribution in [0.25, 0.3) is 22.2 Å². The van der Waals surface area contributed by atoms with Crippen molar-refractivity contribution in [3.63, 3.8) is 0 Å². The number of carbonyl (C=O) groups is 2. The predicted molar refractivity (Wildman–Crippen MR) is 120 cm³/mol. The molecule has 0 spiro atoms. The summed E-state index contributed by atoms with van der Waals surface area (Å²) >= 11 is 0.